The van der Waals surface area contributed by atoms with Crippen LogP contribution in [-0.2, 0) is 16.0 Å². The van der Waals surface area contributed by atoms with Crippen molar-refractivity contribution in [2.24, 2.45) is 0 Å². The molecule has 0 bridgehead atoms. The van der Waals surface area contributed by atoms with Crippen molar-refractivity contribution in [2.75, 3.05) is 6.61 Å². The van der Waals surface area contributed by atoms with Crippen LogP contribution >= 0.6 is 0 Å². The molecule has 0 fully saturated rings. The van der Waals surface area contributed by atoms with E-state index in [1.165, 1.54) is 6.07 Å². The van der Waals surface area contributed by atoms with Gasteiger partial charge < -0.3 is 4.74 Å². The van der Waals surface area contributed by atoms with Gasteiger partial charge in [-0.2, -0.15) is 5.26 Å². The molecule has 1 aromatic heterocycles. The van der Waals surface area contributed by atoms with Crippen LogP contribution < -0.4 is 0 Å². The van der Waals surface area contributed by atoms with Gasteiger partial charge in [0.05, 0.1) is 36.0 Å². The van der Waals surface area contributed by atoms with Crippen molar-refractivity contribution < 1.29 is 22.7 Å². The standard InChI is InChI=1S/C11H9F3N2O2/c1-2-18-9(17)3-8-6(4-15)10(11(13)14)7(12)5-16-8/h5,11H,2-3H2,1H3. The van der Waals surface area contributed by atoms with Crippen molar-refractivity contribution in [1.29, 1.82) is 5.26 Å². The third-order valence-electron chi connectivity index (χ3n) is 2.10. The number of rotatable bonds is 4. The summed E-state index contributed by atoms with van der Waals surface area (Å²) in [6.07, 6.45) is -3.03. The molecule has 96 valence electrons. The van der Waals surface area contributed by atoms with E-state index in [-0.39, 0.29) is 12.3 Å². The molecule has 0 radical (unpaired) electrons. The van der Waals surface area contributed by atoms with E-state index < -0.39 is 35.8 Å². The second-order valence-electron chi connectivity index (χ2n) is 3.24. The maximum absolute atomic E-state index is 13.1. The van der Waals surface area contributed by atoms with Gasteiger partial charge in [0.25, 0.3) is 6.43 Å². The van der Waals surface area contributed by atoms with E-state index in [9.17, 15) is 18.0 Å². The van der Waals surface area contributed by atoms with E-state index in [0.29, 0.717) is 6.20 Å². The number of ether oxygens (including phenoxy) is 1. The molecule has 7 heteroatoms. The zero-order valence-electron chi connectivity index (χ0n) is 9.41. The highest BCUT2D eigenvalue weighted by Crippen LogP contribution is 2.27. The fourth-order valence-corrected chi connectivity index (χ4v) is 1.36. The Hall–Kier alpha value is -2.10. The molecule has 0 aliphatic rings. The highest BCUT2D eigenvalue weighted by Gasteiger charge is 2.23. The lowest BCUT2D eigenvalue weighted by molar-refractivity contribution is -0.142. The minimum atomic E-state index is -3.15. The molecular formula is C11H9F3N2O2. The summed E-state index contributed by atoms with van der Waals surface area (Å²) in [4.78, 5) is 14.7. The zero-order chi connectivity index (χ0) is 13.7. The summed E-state index contributed by atoms with van der Waals surface area (Å²) in [6.45, 7) is 1.69. The van der Waals surface area contributed by atoms with Crippen molar-refractivity contribution in [3.8, 4) is 6.07 Å². The first-order chi connectivity index (χ1) is 8.51. The second kappa shape index (κ2) is 6.00. The van der Waals surface area contributed by atoms with Gasteiger partial charge in [-0.3, -0.25) is 9.78 Å². The summed E-state index contributed by atoms with van der Waals surface area (Å²) in [6, 6.07) is 1.44. The number of hydrogen-bond acceptors (Lipinski definition) is 4. The molecule has 0 saturated heterocycles. The van der Waals surface area contributed by atoms with Crippen LogP contribution in [-0.4, -0.2) is 17.6 Å². The van der Waals surface area contributed by atoms with Gasteiger partial charge in [0.15, 0.2) is 5.82 Å². The maximum Gasteiger partial charge on any atom is 0.311 e. The van der Waals surface area contributed by atoms with E-state index in [4.69, 9.17) is 5.26 Å². The van der Waals surface area contributed by atoms with Crippen molar-refractivity contribution >= 4 is 5.97 Å². The van der Waals surface area contributed by atoms with Gasteiger partial charge in [0, 0.05) is 0 Å². The molecule has 0 aliphatic carbocycles. The number of esters is 1. The van der Waals surface area contributed by atoms with E-state index in [1.807, 2.05) is 0 Å². The van der Waals surface area contributed by atoms with Crippen LogP contribution in [0.5, 0.6) is 0 Å². The van der Waals surface area contributed by atoms with Gasteiger partial charge in [-0.05, 0) is 6.92 Å². The third-order valence-corrected chi connectivity index (χ3v) is 2.10. The zero-order valence-corrected chi connectivity index (χ0v) is 9.41. The van der Waals surface area contributed by atoms with E-state index in [1.54, 1.807) is 6.92 Å². The predicted octanol–water partition coefficient (Wildman–Crippen LogP) is 2.14. The van der Waals surface area contributed by atoms with Gasteiger partial charge >= 0.3 is 5.97 Å². The molecule has 1 aromatic rings. The highest BCUT2D eigenvalue weighted by molar-refractivity contribution is 5.73. The average molecular weight is 258 g/mol. The monoisotopic (exact) mass is 258 g/mol. The normalized spacial score (nSPS) is 10.2. The lowest BCUT2D eigenvalue weighted by Crippen LogP contribution is -2.12. The predicted molar refractivity (Wildman–Crippen MR) is 54.2 cm³/mol. The van der Waals surface area contributed by atoms with Crippen LogP contribution in [0, 0.1) is 17.1 Å². The summed E-state index contributed by atoms with van der Waals surface area (Å²) in [5.41, 5.74) is -1.86. The Kier molecular flexibility index (Phi) is 4.66. The van der Waals surface area contributed by atoms with Gasteiger partial charge in [0.1, 0.15) is 6.07 Å². The molecule has 18 heavy (non-hydrogen) atoms. The summed E-state index contributed by atoms with van der Waals surface area (Å²) >= 11 is 0. The number of alkyl halides is 2. The number of nitriles is 1. The first-order valence-electron chi connectivity index (χ1n) is 5.02. The molecule has 0 spiro atoms. The van der Waals surface area contributed by atoms with Crippen molar-refractivity contribution in [1.82, 2.24) is 4.98 Å². The molecule has 0 N–H and O–H groups in total. The van der Waals surface area contributed by atoms with Gasteiger partial charge in [-0.25, -0.2) is 13.2 Å². The van der Waals surface area contributed by atoms with E-state index in [2.05, 4.69) is 9.72 Å². The molecule has 0 aliphatic heterocycles. The Bertz CT molecular complexity index is 498. The summed E-state index contributed by atoms with van der Waals surface area (Å²) in [5.74, 6) is -1.98. The topological polar surface area (TPSA) is 63.0 Å². The summed E-state index contributed by atoms with van der Waals surface area (Å²) < 4.78 is 43.0. The number of aromatic nitrogens is 1. The fourth-order valence-electron chi connectivity index (χ4n) is 1.36. The first kappa shape index (κ1) is 14.0. The van der Waals surface area contributed by atoms with Crippen LogP contribution in [0.25, 0.3) is 0 Å². The number of nitrogens with zero attached hydrogens (tertiary/aromatic N) is 2. The van der Waals surface area contributed by atoms with E-state index in [0.717, 1.165) is 0 Å². The average Bonchev–Trinajstić information content (AvgIpc) is 2.30. The smallest absolute Gasteiger partial charge is 0.311 e. The number of hydrogen-bond donors (Lipinski definition) is 0. The Balaban J connectivity index is 3.18. The van der Waals surface area contributed by atoms with Gasteiger partial charge in [-0.1, -0.05) is 0 Å². The number of carbonyl (C=O) groups excluding carboxylic acids is 1. The lowest BCUT2D eigenvalue weighted by Gasteiger charge is -2.08. The number of carbonyl (C=O) groups is 1. The number of pyridine rings is 1. The SMILES string of the molecule is CCOC(=O)Cc1ncc(F)c(C(F)F)c1C#N. The minimum Gasteiger partial charge on any atom is -0.466 e. The Morgan fingerprint density at radius 2 is 2.28 bits per heavy atom. The van der Waals surface area contributed by atoms with Crippen LogP contribution in [0.15, 0.2) is 6.20 Å². The third kappa shape index (κ3) is 2.97. The quantitative estimate of drug-likeness (QED) is 0.776. The lowest BCUT2D eigenvalue weighted by atomic mass is 10.1. The molecule has 1 heterocycles. The Morgan fingerprint density at radius 3 is 2.78 bits per heavy atom. The van der Waals surface area contributed by atoms with Crippen molar-refractivity contribution in [2.45, 2.75) is 19.8 Å². The van der Waals surface area contributed by atoms with Crippen molar-refractivity contribution in [3.05, 3.63) is 28.8 Å². The Labute approximate surface area is 101 Å². The molecule has 4 nitrogen and oxygen atoms in total. The fraction of sp³-hybridized carbons (Fsp3) is 0.364. The maximum atomic E-state index is 13.1. The molecule has 0 aromatic carbocycles. The largest absolute Gasteiger partial charge is 0.466 e. The summed E-state index contributed by atoms with van der Waals surface area (Å²) in [5, 5.41) is 8.77. The molecule has 0 atom stereocenters. The molecule has 0 amide bonds. The van der Waals surface area contributed by atoms with Crippen molar-refractivity contribution in [3.63, 3.8) is 0 Å². The minimum absolute atomic E-state index is 0.115. The summed E-state index contributed by atoms with van der Waals surface area (Å²) in [7, 11) is 0. The molecule has 0 unspecified atom stereocenters. The van der Waals surface area contributed by atoms with Gasteiger partial charge in [0.2, 0.25) is 0 Å². The molecule has 1 rings (SSSR count). The second-order valence-corrected chi connectivity index (χ2v) is 3.24. The van der Waals surface area contributed by atoms with Crippen LogP contribution in [0.3, 0.4) is 0 Å². The van der Waals surface area contributed by atoms with E-state index >= 15 is 0 Å². The van der Waals surface area contributed by atoms with Crippen LogP contribution in [0.4, 0.5) is 13.2 Å². The highest BCUT2D eigenvalue weighted by atomic mass is 19.3. The Morgan fingerprint density at radius 1 is 1.61 bits per heavy atom. The van der Waals surface area contributed by atoms with Gasteiger partial charge in [-0.15, -0.1) is 0 Å². The van der Waals surface area contributed by atoms with Crippen LogP contribution in [0.2, 0.25) is 0 Å². The molecular weight excluding hydrogens is 249 g/mol. The number of halogens is 3. The molecule has 0 saturated carbocycles. The first-order valence-corrected chi connectivity index (χ1v) is 5.02. The van der Waals surface area contributed by atoms with Crippen LogP contribution in [0.1, 0.15) is 30.2 Å².